The number of carbonyl (C=O) groups excluding carboxylic acids is 1. The van der Waals surface area contributed by atoms with Gasteiger partial charge in [0.05, 0.1) is 18.2 Å². The first kappa shape index (κ1) is 15.8. The van der Waals surface area contributed by atoms with E-state index in [2.05, 4.69) is 9.97 Å². The van der Waals surface area contributed by atoms with Crippen LogP contribution in [0.3, 0.4) is 0 Å². The first-order valence-electron chi connectivity index (χ1n) is 8.01. The minimum absolute atomic E-state index is 0.128. The van der Waals surface area contributed by atoms with Crippen LogP contribution >= 0.6 is 0 Å². The third-order valence-corrected chi connectivity index (χ3v) is 4.37. The summed E-state index contributed by atoms with van der Waals surface area (Å²) in [7, 11) is 1.38. The third kappa shape index (κ3) is 2.48. The van der Waals surface area contributed by atoms with Crippen molar-refractivity contribution >= 4 is 39.4 Å². The molecular weight excluding hydrogens is 328 g/mol. The Morgan fingerprint density at radius 3 is 2.58 bits per heavy atom. The molecule has 0 unspecified atom stereocenters. The number of benzene rings is 3. The summed E-state index contributed by atoms with van der Waals surface area (Å²) in [5, 5.41) is 2.48. The molecule has 4 rings (SSSR count). The van der Waals surface area contributed by atoms with E-state index in [1.54, 1.807) is 0 Å². The quantitative estimate of drug-likeness (QED) is 0.540. The summed E-state index contributed by atoms with van der Waals surface area (Å²) in [6, 6.07) is 17.1. The first-order valence-corrected chi connectivity index (χ1v) is 8.01. The van der Waals surface area contributed by atoms with Crippen molar-refractivity contribution < 1.29 is 9.53 Å². The van der Waals surface area contributed by atoms with Crippen molar-refractivity contribution in [2.75, 3.05) is 18.6 Å². The van der Waals surface area contributed by atoms with Crippen LogP contribution in [0.2, 0.25) is 0 Å². The fourth-order valence-corrected chi connectivity index (χ4v) is 3.17. The predicted octanol–water partition coefficient (Wildman–Crippen LogP) is 3.40. The largest absolute Gasteiger partial charge is 0.465 e. The zero-order valence-electron chi connectivity index (χ0n) is 14.1. The second-order valence-corrected chi connectivity index (χ2v) is 5.90. The van der Waals surface area contributed by atoms with Crippen molar-refractivity contribution in [2.24, 2.45) is 0 Å². The van der Waals surface area contributed by atoms with Gasteiger partial charge in [0.1, 0.15) is 5.82 Å². The number of nitrogens with two attached hydrogens (primary N) is 2. The average molecular weight is 344 g/mol. The molecule has 0 spiro atoms. The van der Waals surface area contributed by atoms with Gasteiger partial charge in [0.2, 0.25) is 5.95 Å². The van der Waals surface area contributed by atoms with E-state index in [1.807, 2.05) is 54.6 Å². The van der Waals surface area contributed by atoms with Gasteiger partial charge in [-0.25, -0.2) is 9.78 Å². The van der Waals surface area contributed by atoms with Crippen molar-refractivity contribution in [3.63, 3.8) is 0 Å². The molecule has 1 heterocycles. The van der Waals surface area contributed by atoms with E-state index in [-0.39, 0.29) is 5.95 Å². The highest BCUT2D eigenvalue weighted by Gasteiger charge is 2.18. The molecule has 0 atom stereocenters. The molecule has 0 aliphatic heterocycles. The lowest BCUT2D eigenvalue weighted by Crippen LogP contribution is -2.05. The molecule has 6 nitrogen and oxygen atoms in total. The standard InChI is InChI=1S/C20H16N4O2/c1-26-19(25)17-13-5-3-2-4-11(13)6-8-14(17)12-7-9-16-15(10-12)18(21)24-20(22)23-16/h2-10H,1H3,(H4,21,22,23,24). The minimum atomic E-state index is -0.390. The molecule has 0 radical (unpaired) electrons. The van der Waals surface area contributed by atoms with Gasteiger partial charge in [0.15, 0.2) is 0 Å². The number of fused-ring (bicyclic) bond motifs is 2. The number of ether oxygens (including phenoxy) is 1. The lowest BCUT2D eigenvalue weighted by molar-refractivity contribution is 0.0604. The summed E-state index contributed by atoms with van der Waals surface area (Å²) in [6.07, 6.45) is 0. The highest BCUT2D eigenvalue weighted by Crippen LogP contribution is 2.33. The van der Waals surface area contributed by atoms with Gasteiger partial charge in [-0.15, -0.1) is 0 Å². The number of nitrogen functional groups attached to an aromatic ring is 2. The number of aromatic nitrogens is 2. The molecule has 0 saturated carbocycles. The van der Waals surface area contributed by atoms with Crippen LogP contribution < -0.4 is 11.5 Å². The Morgan fingerprint density at radius 1 is 0.962 bits per heavy atom. The third-order valence-electron chi connectivity index (χ3n) is 4.37. The molecule has 0 aliphatic rings. The maximum atomic E-state index is 12.5. The lowest BCUT2D eigenvalue weighted by Gasteiger charge is -2.13. The van der Waals surface area contributed by atoms with Crippen LogP contribution in [-0.2, 0) is 4.74 Å². The predicted molar refractivity (Wildman–Crippen MR) is 103 cm³/mol. The summed E-state index contributed by atoms with van der Waals surface area (Å²) in [6.45, 7) is 0. The topological polar surface area (TPSA) is 104 Å². The minimum Gasteiger partial charge on any atom is -0.465 e. The van der Waals surface area contributed by atoms with Crippen molar-refractivity contribution in [1.82, 2.24) is 9.97 Å². The number of esters is 1. The lowest BCUT2D eigenvalue weighted by atomic mass is 9.93. The molecule has 3 aromatic carbocycles. The average Bonchev–Trinajstić information content (AvgIpc) is 2.66. The molecule has 0 amide bonds. The highest BCUT2D eigenvalue weighted by molar-refractivity contribution is 6.10. The summed E-state index contributed by atoms with van der Waals surface area (Å²) >= 11 is 0. The molecule has 0 saturated heterocycles. The first-order chi connectivity index (χ1) is 12.6. The molecule has 0 aliphatic carbocycles. The van der Waals surface area contributed by atoms with Crippen molar-refractivity contribution in [3.8, 4) is 11.1 Å². The van der Waals surface area contributed by atoms with Crippen LogP contribution in [-0.4, -0.2) is 23.0 Å². The summed E-state index contributed by atoms with van der Waals surface area (Å²) in [5.41, 5.74) is 14.4. The van der Waals surface area contributed by atoms with E-state index in [0.29, 0.717) is 22.3 Å². The fourth-order valence-electron chi connectivity index (χ4n) is 3.17. The van der Waals surface area contributed by atoms with Crippen molar-refractivity contribution in [3.05, 3.63) is 60.2 Å². The number of nitrogens with zero attached hydrogens (tertiary/aromatic N) is 2. The Hall–Kier alpha value is -3.67. The van der Waals surface area contributed by atoms with E-state index >= 15 is 0 Å². The Labute approximate surface area is 149 Å². The van der Waals surface area contributed by atoms with Crippen LogP contribution in [0.25, 0.3) is 32.8 Å². The number of anilines is 2. The normalized spacial score (nSPS) is 11.0. The van der Waals surface area contributed by atoms with Crippen LogP contribution in [0, 0.1) is 0 Å². The summed E-state index contributed by atoms with van der Waals surface area (Å²) in [4.78, 5) is 20.7. The zero-order valence-corrected chi connectivity index (χ0v) is 14.1. The molecule has 6 heteroatoms. The smallest absolute Gasteiger partial charge is 0.339 e. The fraction of sp³-hybridized carbons (Fsp3) is 0.0500. The van der Waals surface area contributed by atoms with Crippen molar-refractivity contribution in [2.45, 2.75) is 0 Å². The molecule has 26 heavy (non-hydrogen) atoms. The van der Waals surface area contributed by atoms with Crippen LogP contribution in [0.15, 0.2) is 54.6 Å². The van der Waals surface area contributed by atoms with Gasteiger partial charge in [0, 0.05) is 5.39 Å². The van der Waals surface area contributed by atoms with Gasteiger partial charge in [-0.05, 0) is 34.0 Å². The van der Waals surface area contributed by atoms with Gasteiger partial charge in [0.25, 0.3) is 0 Å². The number of methoxy groups -OCH3 is 1. The van der Waals surface area contributed by atoms with Crippen LogP contribution in [0.1, 0.15) is 10.4 Å². The van der Waals surface area contributed by atoms with Gasteiger partial charge in [-0.3, -0.25) is 0 Å². The van der Waals surface area contributed by atoms with Gasteiger partial charge in [-0.1, -0.05) is 42.5 Å². The molecule has 4 N–H and O–H groups in total. The van der Waals surface area contributed by atoms with Crippen LogP contribution in [0.5, 0.6) is 0 Å². The van der Waals surface area contributed by atoms with Gasteiger partial charge < -0.3 is 16.2 Å². The summed E-state index contributed by atoms with van der Waals surface area (Å²) in [5.74, 6) is 0.0388. The van der Waals surface area contributed by atoms with E-state index < -0.39 is 5.97 Å². The van der Waals surface area contributed by atoms with Gasteiger partial charge in [-0.2, -0.15) is 4.98 Å². The van der Waals surface area contributed by atoms with E-state index in [0.717, 1.165) is 21.9 Å². The van der Waals surface area contributed by atoms with Crippen LogP contribution in [0.4, 0.5) is 11.8 Å². The maximum absolute atomic E-state index is 12.5. The maximum Gasteiger partial charge on any atom is 0.339 e. The molecular formula is C20H16N4O2. The van der Waals surface area contributed by atoms with Gasteiger partial charge >= 0.3 is 5.97 Å². The Bertz CT molecular complexity index is 1170. The zero-order chi connectivity index (χ0) is 18.3. The molecule has 0 fully saturated rings. The monoisotopic (exact) mass is 344 g/mol. The number of rotatable bonds is 2. The molecule has 128 valence electrons. The Morgan fingerprint density at radius 2 is 1.77 bits per heavy atom. The van der Waals surface area contributed by atoms with E-state index in [1.165, 1.54) is 7.11 Å². The second-order valence-electron chi connectivity index (χ2n) is 5.90. The van der Waals surface area contributed by atoms with E-state index in [4.69, 9.17) is 16.2 Å². The Kier molecular flexibility index (Phi) is 3.65. The summed E-state index contributed by atoms with van der Waals surface area (Å²) < 4.78 is 5.03. The highest BCUT2D eigenvalue weighted by atomic mass is 16.5. The molecule has 0 bridgehead atoms. The Balaban J connectivity index is 2.02. The number of hydrogen-bond acceptors (Lipinski definition) is 6. The molecule has 4 aromatic rings. The SMILES string of the molecule is COC(=O)c1c(-c2ccc3nc(N)nc(N)c3c2)ccc2ccccc12. The number of carbonyl (C=O) groups is 1. The second kappa shape index (κ2) is 6.00. The van der Waals surface area contributed by atoms with Crippen molar-refractivity contribution in [1.29, 1.82) is 0 Å². The van der Waals surface area contributed by atoms with E-state index in [9.17, 15) is 4.79 Å². The molecule has 1 aromatic heterocycles. The number of hydrogen-bond donors (Lipinski definition) is 2.